The number of thioether (sulfide) groups is 1. The minimum absolute atomic E-state index is 0.672. The lowest BCUT2D eigenvalue weighted by molar-refractivity contribution is -0.139. The number of hydrogen-bond acceptors (Lipinski definition) is 2. The van der Waals surface area contributed by atoms with Gasteiger partial charge in [-0.15, -0.1) is 11.8 Å². The monoisotopic (exact) mass is 448 g/mol. The topological polar surface area (TPSA) is 37.3 Å². The summed E-state index contributed by atoms with van der Waals surface area (Å²) in [6.07, 6.45) is 22.3. The zero-order valence-corrected chi connectivity index (χ0v) is 21.2. The van der Waals surface area contributed by atoms with Crippen LogP contribution in [0.4, 0.5) is 0 Å². The molecule has 0 heterocycles. The van der Waals surface area contributed by atoms with E-state index in [2.05, 4.69) is 19.1 Å². The maximum atomic E-state index is 11.8. The number of aliphatic carboxylic acids is 1. The number of carboxylic acids is 1. The van der Waals surface area contributed by atoms with E-state index in [0.717, 1.165) is 25.0 Å². The van der Waals surface area contributed by atoms with E-state index >= 15 is 0 Å². The quantitative estimate of drug-likeness (QED) is 0.190. The lowest BCUT2D eigenvalue weighted by Crippen LogP contribution is -2.31. The standard InChI is InChI=1S/C28H48O2S/c1-3-4-5-6-7-8-9-10-11-12-13-14-15-16-17-21-24-28(2,27(29)30)31-25-26-22-19-18-20-23-26/h18-20,22-23H,3-17,21,24-25H2,1-2H3,(H,29,30). The van der Waals surface area contributed by atoms with E-state index < -0.39 is 10.7 Å². The minimum Gasteiger partial charge on any atom is -0.480 e. The lowest BCUT2D eigenvalue weighted by Gasteiger charge is -2.24. The first kappa shape index (κ1) is 28.1. The van der Waals surface area contributed by atoms with E-state index in [4.69, 9.17) is 0 Å². The van der Waals surface area contributed by atoms with E-state index in [9.17, 15) is 9.90 Å². The summed E-state index contributed by atoms with van der Waals surface area (Å²) in [6, 6.07) is 10.2. The van der Waals surface area contributed by atoms with Gasteiger partial charge in [-0.3, -0.25) is 4.79 Å². The van der Waals surface area contributed by atoms with Crippen molar-refractivity contribution in [3.8, 4) is 0 Å². The van der Waals surface area contributed by atoms with E-state index in [0.29, 0.717) is 0 Å². The molecule has 178 valence electrons. The second-order valence-electron chi connectivity index (χ2n) is 9.36. The van der Waals surface area contributed by atoms with Crippen LogP contribution >= 0.6 is 11.8 Å². The minimum atomic E-state index is -0.675. The molecule has 0 aliphatic carbocycles. The van der Waals surface area contributed by atoms with Crippen LogP contribution in [0.5, 0.6) is 0 Å². The van der Waals surface area contributed by atoms with Crippen molar-refractivity contribution in [2.24, 2.45) is 0 Å². The van der Waals surface area contributed by atoms with Gasteiger partial charge in [-0.25, -0.2) is 0 Å². The smallest absolute Gasteiger partial charge is 0.319 e. The van der Waals surface area contributed by atoms with Gasteiger partial charge in [0.05, 0.1) is 0 Å². The average Bonchev–Trinajstić information content (AvgIpc) is 2.78. The number of hydrogen-bond donors (Lipinski definition) is 1. The number of unbranched alkanes of at least 4 members (excludes halogenated alkanes) is 15. The molecule has 0 saturated carbocycles. The van der Waals surface area contributed by atoms with Crippen molar-refractivity contribution >= 4 is 17.7 Å². The molecule has 31 heavy (non-hydrogen) atoms. The van der Waals surface area contributed by atoms with Gasteiger partial charge in [0, 0.05) is 5.75 Å². The SMILES string of the molecule is CCCCCCCCCCCCCCCCCCC(C)(SCc1ccccc1)C(=O)O. The van der Waals surface area contributed by atoms with Crippen molar-refractivity contribution in [1.82, 2.24) is 0 Å². The van der Waals surface area contributed by atoms with Gasteiger partial charge in [0.2, 0.25) is 0 Å². The summed E-state index contributed by atoms with van der Waals surface area (Å²) in [7, 11) is 0. The molecular formula is C28H48O2S. The average molecular weight is 449 g/mol. The number of carboxylic acid groups (broad SMARTS) is 1. The van der Waals surface area contributed by atoms with Crippen LogP contribution in [0.15, 0.2) is 30.3 Å². The Hall–Kier alpha value is -0.960. The van der Waals surface area contributed by atoms with E-state index in [1.807, 2.05) is 25.1 Å². The van der Waals surface area contributed by atoms with Crippen LogP contribution in [0, 0.1) is 0 Å². The maximum absolute atomic E-state index is 11.8. The number of carbonyl (C=O) groups is 1. The maximum Gasteiger partial charge on any atom is 0.319 e. The Balaban J connectivity index is 1.96. The summed E-state index contributed by atoms with van der Waals surface area (Å²) in [4.78, 5) is 11.8. The molecule has 0 bridgehead atoms. The van der Waals surface area contributed by atoms with Crippen LogP contribution in [0.25, 0.3) is 0 Å². The highest BCUT2D eigenvalue weighted by Gasteiger charge is 2.32. The molecule has 0 radical (unpaired) electrons. The second-order valence-corrected chi connectivity index (χ2v) is 10.8. The molecule has 2 nitrogen and oxygen atoms in total. The van der Waals surface area contributed by atoms with E-state index in [1.165, 1.54) is 95.5 Å². The fourth-order valence-electron chi connectivity index (χ4n) is 4.07. The lowest BCUT2D eigenvalue weighted by atomic mass is 10.0. The van der Waals surface area contributed by atoms with Crippen LogP contribution < -0.4 is 0 Å². The van der Waals surface area contributed by atoms with Gasteiger partial charge in [-0.2, -0.15) is 0 Å². The molecule has 1 rings (SSSR count). The first-order chi connectivity index (χ1) is 15.1. The molecular weight excluding hydrogens is 400 g/mol. The van der Waals surface area contributed by atoms with Crippen molar-refractivity contribution in [3.05, 3.63) is 35.9 Å². The van der Waals surface area contributed by atoms with Crippen molar-refractivity contribution in [1.29, 1.82) is 0 Å². The molecule has 0 aromatic heterocycles. The van der Waals surface area contributed by atoms with Crippen molar-refractivity contribution < 1.29 is 9.90 Å². The summed E-state index contributed by atoms with van der Waals surface area (Å²) >= 11 is 1.57. The summed E-state index contributed by atoms with van der Waals surface area (Å²) in [5.41, 5.74) is 1.20. The number of benzene rings is 1. The predicted octanol–water partition coefficient (Wildman–Crippen LogP) is 9.41. The molecule has 0 amide bonds. The fraction of sp³-hybridized carbons (Fsp3) is 0.750. The highest BCUT2D eigenvalue weighted by atomic mass is 32.2. The Labute approximate surface area is 197 Å². The van der Waals surface area contributed by atoms with Gasteiger partial charge >= 0.3 is 5.97 Å². The summed E-state index contributed by atoms with van der Waals surface area (Å²) in [5.74, 6) is 0.0945. The van der Waals surface area contributed by atoms with Crippen LogP contribution in [0.3, 0.4) is 0 Å². The predicted molar refractivity (Wildman–Crippen MR) is 138 cm³/mol. The molecule has 3 heteroatoms. The Morgan fingerprint density at radius 3 is 1.58 bits per heavy atom. The first-order valence-corrected chi connectivity index (χ1v) is 14.0. The highest BCUT2D eigenvalue weighted by Crippen LogP contribution is 2.34. The van der Waals surface area contributed by atoms with Crippen molar-refractivity contribution in [2.75, 3.05) is 0 Å². The largest absolute Gasteiger partial charge is 0.480 e. The summed E-state index contributed by atoms with van der Waals surface area (Å²) in [6.45, 7) is 4.18. The second kappa shape index (κ2) is 18.6. The highest BCUT2D eigenvalue weighted by molar-refractivity contribution is 8.00. The van der Waals surface area contributed by atoms with Crippen molar-refractivity contribution in [3.63, 3.8) is 0 Å². The van der Waals surface area contributed by atoms with Crippen LogP contribution in [0.2, 0.25) is 0 Å². The number of rotatable bonds is 21. The van der Waals surface area contributed by atoms with Crippen LogP contribution in [-0.2, 0) is 10.5 Å². The fourth-order valence-corrected chi connectivity index (χ4v) is 5.16. The van der Waals surface area contributed by atoms with E-state index in [-0.39, 0.29) is 0 Å². The van der Waals surface area contributed by atoms with Gasteiger partial charge in [0.15, 0.2) is 0 Å². The molecule has 0 saturated heterocycles. The van der Waals surface area contributed by atoms with Crippen molar-refractivity contribution in [2.45, 2.75) is 134 Å². The summed E-state index contributed by atoms with van der Waals surface area (Å²) in [5, 5.41) is 9.72. The molecule has 0 fully saturated rings. The first-order valence-electron chi connectivity index (χ1n) is 13.0. The Bertz CT molecular complexity index is 545. The Morgan fingerprint density at radius 1 is 0.742 bits per heavy atom. The third-order valence-corrected chi connectivity index (χ3v) is 7.85. The summed E-state index contributed by atoms with van der Waals surface area (Å²) < 4.78 is -0.675. The van der Waals surface area contributed by atoms with Gasteiger partial charge in [0.1, 0.15) is 4.75 Å². The van der Waals surface area contributed by atoms with Crippen LogP contribution in [0.1, 0.15) is 129 Å². The zero-order chi connectivity index (χ0) is 22.6. The van der Waals surface area contributed by atoms with Gasteiger partial charge in [-0.05, 0) is 18.9 Å². The molecule has 0 aliphatic heterocycles. The molecule has 1 atom stereocenters. The zero-order valence-electron chi connectivity index (χ0n) is 20.4. The molecule has 0 aliphatic rings. The molecule has 1 aromatic rings. The van der Waals surface area contributed by atoms with Gasteiger partial charge < -0.3 is 5.11 Å². The third kappa shape index (κ3) is 14.7. The molecule has 1 unspecified atom stereocenters. The Kier molecular flexibility index (Phi) is 16.8. The molecule has 1 aromatic carbocycles. The van der Waals surface area contributed by atoms with E-state index in [1.54, 1.807) is 11.8 Å². The van der Waals surface area contributed by atoms with Gasteiger partial charge in [-0.1, -0.05) is 140 Å². The molecule has 1 N–H and O–H groups in total. The Morgan fingerprint density at radius 2 is 1.16 bits per heavy atom. The normalized spacial score (nSPS) is 13.2. The van der Waals surface area contributed by atoms with Crippen LogP contribution in [-0.4, -0.2) is 15.8 Å². The molecule has 0 spiro atoms. The van der Waals surface area contributed by atoms with Gasteiger partial charge in [0.25, 0.3) is 0 Å². The third-order valence-electron chi connectivity index (χ3n) is 6.36.